The van der Waals surface area contributed by atoms with Crippen LogP contribution in [0.5, 0.6) is 0 Å². The first-order chi connectivity index (χ1) is 12.5. The second-order valence-corrected chi connectivity index (χ2v) is 7.03. The van der Waals surface area contributed by atoms with Gasteiger partial charge in [0.2, 0.25) is 5.91 Å². The van der Waals surface area contributed by atoms with Crippen molar-refractivity contribution in [3.63, 3.8) is 0 Å². The number of halogens is 1. The fourth-order valence-electron chi connectivity index (χ4n) is 2.75. The lowest BCUT2D eigenvalue weighted by molar-refractivity contribution is -0.113. The van der Waals surface area contributed by atoms with E-state index in [1.807, 2.05) is 48.9 Å². The summed E-state index contributed by atoms with van der Waals surface area (Å²) in [5, 5.41) is 7.42. The third kappa shape index (κ3) is 3.96. The van der Waals surface area contributed by atoms with Crippen LogP contribution >= 0.6 is 11.8 Å². The number of amides is 1. The maximum Gasteiger partial charge on any atom is 0.234 e. The van der Waals surface area contributed by atoms with Gasteiger partial charge in [0.15, 0.2) is 0 Å². The van der Waals surface area contributed by atoms with Crippen LogP contribution < -0.4 is 5.32 Å². The van der Waals surface area contributed by atoms with Crippen molar-refractivity contribution in [1.29, 1.82) is 0 Å². The molecule has 134 valence electrons. The molecule has 1 aromatic heterocycles. The molecule has 1 amide bonds. The molecule has 4 nitrogen and oxygen atoms in total. The highest BCUT2D eigenvalue weighted by Crippen LogP contribution is 2.28. The predicted octanol–water partition coefficient (Wildman–Crippen LogP) is 4.67. The standard InChI is InChI=1S/C20H20FN3OS/c1-13-11-16(21)9-10-18(13)22-19(25)12-26-20-14(2)23-24(15(20)3)17-7-5-4-6-8-17/h4-11H,12H2,1-3H3,(H,22,25). The van der Waals surface area contributed by atoms with E-state index in [1.165, 1.54) is 23.9 Å². The van der Waals surface area contributed by atoms with Crippen LogP contribution in [0.15, 0.2) is 53.4 Å². The maximum absolute atomic E-state index is 13.2. The summed E-state index contributed by atoms with van der Waals surface area (Å²) >= 11 is 1.46. The van der Waals surface area contributed by atoms with Crippen LogP contribution in [-0.4, -0.2) is 21.4 Å². The molecule has 0 spiro atoms. The Morgan fingerprint density at radius 3 is 2.58 bits per heavy atom. The molecule has 1 N–H and O–H groups in total. The van der Waals surface area contributed by atoms with E-state index in [9.17, 15) is 9.18 Å². The Kier molecular flexibility index (Phi) is 5.42. The second kappa shape index (κ2) is 7.74. The van der Waals surface area contributed by atoms with E-state index in [1.54, 1.807) is 13.0 Å². The molecule has 3 aromatic rings. The first kappa shape index (κ1) is 18.2. The largest absolute Gasteiger partial charge is 0.325 e. The van der Waals surface area contributed by atoms with E-state index in [0.717, 1.165) is 22.0 Å². The Morgan fingerprint density at radius 2 is 1.88 bits per heavy atom. The summed E-state index contributed by atoms with van der Waals surface area (Å²) in [7, 11) is 0. The van der Waals surface area contributed by atoms with Crippen LogP contribution in [0.1, 0.15) is 17.0 Å². The highest BCUT2D eigenvalue weighted by molar-refractivity contribution is 8.00. The number of carbonyl (C=O) groups excluding carboxylic acids is 1. The number of nitrogens with one attached hydrogen (secondary N) is 1. The third-order valence-corrected chi connectivity index (χ3v) is 5.32. The number of hydrogen-bond donors (Lipinski definition) is 1. The molecule has 0 aliphatic heterocycles. The van der Waals surface area contributed by atoms with Crippen LogP contribution in [-0.2, 0) is 4.79 Å². The van der Waals surface area contributed by atoms with Gasteiger partial charge in [-0.15, -0.1) is 11.8 Å². The Morgan fingerprint density at radius 1 is 1.15 bits per heavy atom. The number of aromatic nitrogens is 2. The van der Waals surface area contributed by atoms with Crippen molar-refractivity contribution in [1.82, 2.24) is 9.78 Å². The molecule has 0 atom stereocenters. The number of rotatable bonds is 5. The van der Waals surface area contributed by atoms with E-state index < -0.39 is 0 Å². The van der Waals surface area contributed by atoms with Crippen molar-refractivity contribution in [2.45, 2.75) is 25.7 Å². The van der Waals surface area contributed by atoms with Gasteiger partial charge >= 0.3 is 0 Å². The molecule has 6 heteroatoms. The summed E-state index contributed by atoms with van der Waals surface area (Å²) in [6.07, 6.45) is 0. The Labute approximate surface area is 156 Å². The minimum absolute atomic E-state index is 0.129. The summed E-state index contributed by atoms with van der Waals surface area (Å²) in [5.74, 6) is -0.177. The fraction of sp³-hybridized carbons (Fsp3) is 0.200. The number of para-hydroxylation sites is 1. The normalized spacial score (nSPS) is 10.8. The number of nitrogens with zero attached hydrogens (tertiary/aromatic N) is 2. The van der Waals surface area contributed by atoms with Gasteiger partial charge in [-0.2, -0.15) is 5.10 Å². The molecule has 0 unspecified atom stereocenters. The molecular formula is C20H20FN3OS. The van der Waals surface area contributed by atoms with E-state index in [0.29, 0.717) is 11.3 Å². The van der Waals surface area contributed by atoms with Crippen LogP contribution in [0.3, 0.4) is 0 Å². The number of aryl methyl sites for hydroxylation is 2. The quantitative estimate of drug-likeness (QED) is 0.665. The van der Waals surface area contributed by atoms with Crippen molar-refractivity contribution >= 4 is 23.4 Å². The van der Waals surface area contributed by atoms with Gasteiger partial charge in [-0.25, -0.2) is 9.07 Å². The van der Waals surface area contributed by atoms with Gasteiger partial charge in [-0.1, -0.05) is 18.2 Å². The summed E-state index contributed by atoms with van der Waals surface area (Å²) in [6, 6.07) is 14.2. The van der Waals surface area contributed by atoms with Crippen LogP contribution in [0.2, 0.25) is 0 Å². The molecule has 0 fully saturated rings. The van der Waals surface area contributed by atoms with Gasteiger partial charge < -0.3 is 5.32 Å². The molecule has 0 aliphatic carbocycles. The summed E-state index contributed by atoms with van der Waals surface area (Å²) in [5.41, 5.74) is 4.22. The second-order valence-electron chi connectivity index (χ2n) is 6.04. The summed E-state index contributed by atoms with van der Waals surface area (Å²) < 4.78 is 15.0. The molecule has 26 heavy (non-hydrogen) atoms. The van der Waals surface area contributed by atoms with Crippen molar-refractivity contribution in [3.8, 4) is 5.69 Å². The maximum atomic E-state index is 13.2. The minimum Gasteiger partial charge on any atom is -0.325 e. The Bertz CT molecular complexity index is 938. The van der Waals surface area contributed by atoms with Crippen LogP contribution in [0, 0.1) is 26.6 Å². The first-order valence-electron chi connectivity index (χ1n) is 8.26. The molecule has 0 saturated heterocycles. The van der Waals surface area contributed by atoms with Gasteiger partial charge in [0.05, 0.1) is 27.7 Å². The topological polar surface area (TPSA) is 46.9 Å². The average Bonchev–Trinajstić information content (AvgIpc) is 2.90. The molecule has 0 bridgehead atoms. The number of anilines is 1. The van der Waals surface area contributed by atoms with Crippen molar-refractivity contribution in [2.75, 3.05) is 11.1 Å². The van der Waals surface area contributed by atoms with E-state index >= 15 is 0 Å². The van der Waals surface area contributed by atoms with Gasteiger partial charge in [0.1, 0.15) is 5.82 Å². The minimum atomic E-state index is -0.311. The highest BCUT2D eigenvalue weighted by Gasteiger charge is 2.15. The van der Waals surface area contributed by atoms with E-state index in [-0.39, 0.29) is 17.5 Å². The Hall–Kier alpha value is -2.60. The zero-order valence-electron chi connectivity index (χ0n) is 14.9. The smallest absolute Gasteiger partial charge is 0.234 e. The van der Waals surface area contributed by atoms with Gasteiger partial charge in [0, 0.05) is 5.69 Å². The molecular weight excluding hydrogens is 349 g/mol. The molecule has 1 heterocycles. The van der Waals surface area contributed by atoms with E-state index in [4.69, 9.17) is 0 Å². The Balaban J connectivity index is 1.70. The summed E-state index contributed by atoms with van der Waals surface area (Å²) in [6.45, 7) is 5.71. The van der Waals surface area contributed by atoms with Crippen molar-refractivity contribution < 1.29 is 9.18 Å². The molecule has 2 aromatic carbocycles. The molecule has 0 radical (unpaired) electrons. The van der Waals surface area contributed by atoms with Crippen LogP contribution in [0.4, 0.5) is 10.1 Å². The fourth-order valence-corrected chi connectivity index (χ4v) is 3.64. The van der Waals surface area contributed by atoms with Crippen LogP contribution in [0.25, 0.3) is 5.69 Å². The van der Waals surface area contributed by atoms with Gasteiger partial charge in [-0.3, -0.25) is 4.79 Å². The molecule has 0 saturated carbocycles. The lowest BCUT2D eigenvalue weighted by Gasteiger charge is -2.08. The third-order valence-electron chi connectivity index (χ3n) is 4.04. The zero-order chi connectivity index (χ0) is 18.7. The monoisotopic (exact) mass is 369 g/mol. The lowest BCUT2D eigenvalue weighted by atomic mass is 10.2. The number of thioether (sulfide) groups is 1. The number of carbonyl (C=O) groups is 1. The first-order valence-corrected chi connectivity index (χ1v) is 9.24. The predicted molar refractivity (Wildman–Crippen MR) is 104 cm³/mol. The number of hydrogen-bond acceptors (Lipinski definition) is 3. The van der Waals surface area contributed by atoms with Gasteiger partial charge in [-0.05, 0) is 56.7 Å². The van der Waals surface area contributed by atoms with E-state index in [2.05, 4.69) is 10.4 Å². The lowest BCUT2D eigenvalue weighted by Crippen LogP contribution is -2.15. The summed E-state index contributed by atoms with van der Waals surface area (Å²) in [4.78, 5) is 13.3. The van der Waals surface area contributed by atoms with Crippen molar-refractivity contribution in [3.05, 3.63) is 71.3 Å². The SMILES string of the molecule is Cc1cc(F)ccc1NC(=O)CSc1c(C)nn(-c2ccccc2)c1C. The average molecular weight is 369 g/mol. The number of benzene rings is 2. The highest BCUT2D eigenvalue weighted by atomic mass is 32.2. The van der Waals surface area contributed by atoms with Gasteiger partial charge in [0.25, 0.3) is 0 Å². The zero-order valence-corrected chi connectivity index (χ0v) is 15.7. The van der Waals surface area contributed by atoms with Crippen molar-refractivity contribution in [2.24, 2.45) is 0 Å². The molecule has 0 aliphatic rings. The molecule has 3 rings (SSSR count).